The summed E-state index contributed by atoms with van der Waals surface area (Å²) in [5.41, 5.74) is -0.421. The minimum Gasteiger partial charge on any atom is -0.384 e. The molecule has 1 saturated carbocycles. The van der Waals surface area contributed by atoms with Gasteiger partial charge >= 0.3 is 0 Å². The summed E-state index contributed by atoms with van der Waals surface area (Å²) < 4.78 is 51.7. The Balaban J connectivity index is 1.25. The number of nitriles is 1. The number of hydrogen-bond donors (Lipinski definition) is 3. The second kappa shape index (κ2) is 12.1. The quantitative estimate of drug-likeness (QED) is 0.198. The fourth-order valence-corrected chi connectivity index (χ4v) is 8.64. The number of anilines is 1. The van der Waals surface area contributed by atoms with E-state index in [4.69, 9.17) is 21.4 Å². The van der Waals surface area contributed by atoms with E-state index in [1.807, 2.05) is 37.3 Å². The Labute approximate surface area is 269 Å². The largest absolute Gasteiger partial charge is 0.384 e. The van der Waals surface area contributed by atoms with Crippen molar-refractivity contribution >= 4 is 39.3 Å². The Kier molecular flexibility index (Phi) is 8.32. The maximum absolute atomic E-state index is 14.0. The minimum absolute atomic E-state index is 0.0353. The molecule has 3 aromatic heterocycles. The molecule has 1 amide bonds. The predicted octanol–water partition coefficient (Wildman–Crippen LogP) is 5.47. The molecule has 1 aliphatic heterocycles. The van der Waals surface area contributed by atoms with Gasteiger partial charge in [0.25, 0.3) is 5.91 Å². The highest BCUT2D eigenvalue weighted by atomic mass is 35.5. The molecule has 14 heteroatoms. The third-order valence-electron chi connectivity index (χ3n) is 8.60. The topological polar surface area (TPSA) is 163 Å². The van der Waals surface area contributed by atoms with Gasteiger partial charge in [0.05, 0.1) is 10.7 Å². The molecular weight excluding hydrogens is 635 g/mol. The minimum atomic E-state index is -4.28. The number of aromatic nitrogens is 3. The number of allylic oxidation sites excluding steroid dienone is 1. The van der Waals surface area contributed by atoms with Crippen LogP contribution in [0.25, 0.3) is 17.4 Å². The highest BCUT2D eigenvalue weighted by Crippen LogP contribution is 2.42. The maximum atomic E-state index is 14.0. The van der Waals surface area contributed by atoms with Crippen molar-refractivity contribution in [3.05, 3.63) is 88.4 Å². The molecule has 238 valence electrons. The summed E-state index contributed by atoms with van der Waals surface area (Å²) in [4.78, 5) is 16.5. The Morgan fingerprint density at radius 2 is 2.02 bits per heavy atom. The number of pyridine rings is 1. The molecule has 0 radical (unpaired) electrons. The van der Waals surface area contributed by atoms with Crippen molar-refractivity contribution < 1.29 is 27.2 Å². The molecule has 11 nitrogen and oxygen atoms in total. The van der Waals surface area contributed by atoms with Crippen molar-refractivity contribution in [2.45, 2.75) is 56.2 Å². The van der Waals surface area contributed by atoms with Crippen LogP contribution in [0.1, 0.15) is 60.7 Å². The van der Waals surface area contributed by atoms with Gasteiger partial charge in [-0.05, 0) is 50.2 Å². The van der Waals surface area contributed by atoms with Gasteiger partial charge in [-0.25, -0.2) is 18.1 Å². The van der Waals surface area contributed by atoms with Crippen LogP contribution in [-0.4, -0.2) is 40.2 Å². The van der Waals surface area contributed by atoms with Crippen molar-refractivity contribution in [1.82, 2.24) is 19.4 Å². The lowest BCUT2D eigenvalue weighted by molar-refractivity contribution is 0.0200. The molecule has 3 N–H and O–H groups in total. The average molecular weight is 665 g/mol. The zero-order valence-corrected chi connectivity index (χ0v) is 26.4. The first-order valence-corrected chi connectivity index (χ1v) is 16.5. The smallest absolute Gasteiger partial charge is 0.273 e. The van der Waals surface area contributed by atoms with Crippen LogP contribution in [0.3, 0.4) is 0 Å². The number of benzene rings is 1. The molecule has 6 rings (SSSR count). The van der Waals surface area contributed by atoms with Gasteiger partial charge in [-0.15, -0.1) is 0 Å². The van der Waals surface area contributed by atoms with Crippen LogP contribution in [0, 0.1) is 29.1 Å². The zero-order chi connectivity index (χ0) is 32.8. The number of fused-ring (bicyclic) bond motifs is 1. The summed E-state index contributed by atoms with van der Waals surface area (Å²) in [5, 5.41) is 26.9. The standard InChI is InChI=1S/C32H30ClFN6O5S/c1-18-10-11-20(16-32(2,42)25-15-24(45-38-25)19-7-4-3-5-8-19)28(18)39-46(43,44)30-23-9-6-12-40(23)29(27(30)33)31(41)37-21-13-22(17-35)36-26(34)14-21/h3-9,13-15,18,20,28,39,42H,10-12,16H2,1-2H3,(H,36,37,41). The number of aliphatic hydroxyl groups is 1. The Morgan fingerprint density at radius 1 is 1.26 bits per heavy atom. The van der Waals surface area contributed by atoms with E-state index in [1.165, 1.54) is 10.6 Å². The van der Waals surface area contributed by atoms with Crippen LogP contribution in [-0.2, 0) is 22.2 Å². The summed E-state index contributed by atoms with van der Waals surface area (Å²) in [7, 11) is -4.28. The number of amides is 1. The first-order valence-electron chi connectivity index (χ1n) is 14.6. The summed E-state index contributed by atoms with van der Waals surface area (Å²) in [5.74, 6) is -1.54. The number of carbonyl (C=O) groups excluding carboxylic acids is 1. The highest BCUT2D eigenvalue weighted by molar-refractivity contribution is 7.89. The molecule has 4 aromatic rings. The van der Waals surface area contributed by atoms with E-state index in [0.717, 1.165) is 18.1 Å². The van der Waals surface area contributed by atoms with Crippen LogP contribution in [0.5, 0.6) is 0 Å². The van der Waals surface area contributed by atoms with Crippen molar-refractivity contribution in [2.24, 2.45) is 11.8 Å². The monoisotopic (exact) mass is 664 g/mol. The number of rotatable bonds is 9. The van der Waals surface area contributed by atoms with Crippen LogP contribution in [0.2, 0.25) is 5.02 Å². The number of nitrogens with zero attached hydrogens (tertiary/aromatic N) is 4. The lowest BCUT2D eigenvalue weighted by atomic mass is 9.85. The SMILES string of the molecule is CC1CCC(CC(C)(O)c2cc(-c3ccccc3)on2)C1NS(=O)(=O)c1c(Cl)c(C(=O)Nc2cc(F)nc(C#N)c2)n2c1C=CC2. The predicted molar refractivity (Wildman–Crippen MR) is 167 cm³/mol. The van der Waals surface area contributed by atoms with E-state index in [2.05, 4.69) is 20.2 Å². The lowest BCUT2D eigenvalue weighted by Gasteiger charge is -2.30. The van der Waals surface area contributed by atoms with E-state index in [0.29, 0.717) is 17.9 Å². The molecule has 0 saturated heterocycles. The fraction of sp³-hybridized carbons (Fsp3) is 0.312. The van der Waals surface area contributed by atoms with Crippen molar-refractivity contribution in [3.63, 3.8) is 0 Å². The number of nitrogens with one attached hydrogen (secondary N) is 2. The molecule has 1 aromatic carbocycles. The maximum Gasteiger partial charge on any atom is 0.273 e. The van der Waals surface area contributed by atoms with Gasteiger partial charge < -0.3 is 19.5 Å². The van der Waals surface area contributed by atoms with Crippen LogP contribution in [0.4, 0.5) is 10.1 Å². The van der Waals surface area contributed by atoms with Gasteiger partial charge in [-0.2, -0.15) is 9.65 Å². The second-order valence-corrected chi connectivity index (χ2v) is 13.9. The number of carbonyl (C=O) groups is 1. The van der Waals surface area contributed by atoms with E-state index in [1.54, 1.807) is 31.2 Å². The summed E-state index contributed by atoms with van der Waals surface area (Å²) in [6.07, 6.45) is 4.88. The molecule has 1 aliphatic carbocycles. The van der Waals surface area contributed by atoms with Gasteiger partial charge in [0.1, 0.15) is 33.6 Å². The summed E-state index contributed by atoms with van der Waals surface area (Å²) >= 11 is 6.65. The Hall–Kier alpha value is -4.35. The van der Waals surface area contributed by atoms with E-state index in [-0.39, 0.29) is 57.5 Å². The molecule has 4 atom stereocenters. The van der Waals surface area contributed by atoms with Gasteiger partial charge in [0, 0.05) is 36.0 Å². The lowest BCUT2D eigenvalue weighted by Crippen LogP contribution is -2.43. The first-order chi connectivity index (χ1) is 21.9. The van der Waals surface area contributed by atoms with Crippen LogP contribution < -0.4 is 10.0 Å². The van der Waals surface area contributed by atoms with Gasteiger partial charge in [0.15, 0.2) is 5.76 Å². The third-order valence-corrected chi connectivity index (χ3v) is 10.6. The molecule has 2 aliphatic rings. The second-order valence-electron chi connectivity index (χ2n) is 11.9. The number of halogens is 2. The van der Waals surface area contributed by atoms with Gasteiger partial charge in [0.2, 0.25) is 16.0 Å². The van der Waals surface area contributed by atoms with Gasteiger partial charge in [-0.1, -0.05) is 60.1 Å². The van der Waals surface area contributed by atoms with E-state index < -0.39 is 33.5 Å². The molecular formula is C32H30ClFN6O5S. The van der Waals surface area contributed by atoms with Gasteiger partial charge in [-0.3, -0.25) is 4.79 Å². The molecule has 46 heavy (non-hydrogen) atoms. The van der Waals surface area contributed by atoms with E-state index >= 15 is 0 Å². The molecule has 4 heterocycles. The summed E-state index contributed by atoms with van der Waals surface area (Å²) in [6.45, 7) is 3.77. The molecule has 1 fully saturated rings. The number of sulfonamides is 1. The first kappa shape index (κ1) is 31.6. The zero-order valence-electron chi connectivity index (χ0n) is 24.9. The van der Waals surface area contributed by atoms with Crippen LogP contribution >= 0.6 is 11.6 Å². The molecule has 0 bridgehead atoms. The van der Waals surface area contributed by atoms with Crippen molar-refractivity contribution in [2.75, 3.05) is 5.32 Å². The van der Waals surface area contributed by atoms with Crippen molar-refractivity contribution in [1.29, 1.82) is 5.26 Å². The Bertz CT molecular complexity index is 2000. The van der Waals surface area contributed by atoms with Crippen molar-refractivity contribution in [3.8, 4) is 17.4 Å². The Morgan fingerprint density at radius 3 is 2.76 bits per heavy atom. The normalized spacial score (nSPS) is 20.3. The average Bonchev–Trinajstić information content (AvgIpc) is 3.79. The van der Waals surface area contributed by atoms with Crippen LogP contribution in [0.15, 0.2) is 64.0 Å². The fourth-order valence-electron chi connectivity index (χ4n) is 6.36. The molecule has 4 unspecified atom stereocenters. The highest BCUT2D eigenvalue weighted by Gasteiger charge is 2.43. The summed E-state index contributed by atoms with van der Waals surface area (Å²) in [6, 6.07) is 14.4. The molecule has 0 spiro atoms. The number of hydrogen-bond acceptors (Lipinski definition) is 8. The third kappa shape index (κ3) is 5.96. The van der Waals surface area contributed by atoms with E-state index in [9.17, 15) is 22.7 Å².